The lowest BCUT2D eigenvalue weighted by Crippen LogP contribution is -2.06. The van der Waals surface area contributed by atoms with Gasteiger partial charge in [0.1, 0.15) is 11.5 Å². The van der Waals surface area contributed by atoms with Crippen molar-refractivity contribution in [3.05, 3.63) is 59.9 Å². The molecule has 0 aliphatic carbocycles. The molecule has 0 saturated carbocycles. The van der Waals surface area contributed by atoms with Crippen molar-refractivity contribution in [3.63, 3.8) is 0 Å². The van der Waals surface area contributed by atoms with Crippen LogP contribution in [0.15, 0.2) is 48.5 Å². The van der Waals surface area contributed by atoms with Gasteiger partial charge in [0.25, 0.3) is 0 Å². The highest BCUT2D eigenvalue weighted by atomic mass is 16.3. The summed E-state index contributed by atoms with van der Waals surface area (Å²) in [4.78, 5) is 10.5. The minimum absolute atomic E-state index is 0.263. The van der Waals surface area contributed by atoms with Crippen molar-refractivity contribution in [1.82, 2.24) is 9.97 Å². The molecule has 2 N–H and O–H groups in total. The Bertz CT molecular complexity index is 974. The number of phenols is 2. The minimum atomic E-state index is 0.263. The Morgan fingerprint density at radius 3 is 1.11 bits per heavy atom. The zero-order valence-corrected chi connectivity index (χ0v) is 23.7. The molecule has 0 spiro atoms. The first-order valence-corrected chi connectivity index (χ1v) is 15.1. The standard InChI is InChI=1S/C34H48N2O2/c1-3-5-7-9-11-13-15-17-31-33(27-19-23-29(37)24-20-27)36-32(18-16-14-12-10-8-6-4-2)34(35-31)28-21-25-30(38)26-22-28/h19-26,37-38H,3-18H2,1-2H3. The Morgan fingerprint density at radius 1 is 0.447 bits per heavy atom. The van der Waals surface area contributed by atoms with Gasteiger partial charge in [-0.25, -0.2) is 9.97 Å². The summed E-state index contributed by atoms with van der Waals surface area (Å²) in [5.41, 5.74) is 5.94. The van der Waals surface area contributed by atoms with Gasteiger partial charge in [0.2, 0.25) is 0 Å². The maximum Gasteiger partial charge on any atom is 0.115 e. The molecule has 0 unspecified atom stereocenters. The molecule has 0 saturated heterocycles. The number of phenolic OH excluding ortho intramolecular Hbond substituents is 2. The number of aromatic nitrogens is 2. The lowest BCUT2D eigenvalue weighted by molar-refractivity contribution is 0.475. The first kappa shape index (κ1) is 29.7. The molecule has 0 aliphatic heterocycles. The van der Waals surface area contributed by atoms with E-state index in [0.29, 0.717) is 0 Å². The Hall–Kier alpha value is -2.88. The number of unbranched alkanes of at least 4 members (excludes halogenated alkanes) is 12. The topological polar surface area (TPSA) is 66.2 Å². The molecular formula is C34H48N2O2. The Kier molecular flexibility index (Phi) is 13.2. The van der Waals surface area contributed by atoms with Crippen LogP contribution in [0.1, 0.15) is 115 Å². The molecule has 1 heterocycles. The van der Waals surface area contributed by atoms with Gasteiger partial charge in [-0.3, -0.25) is 0 Å². The molecule has 0 aliphatic rings. The highest BCUT2D eigenvalue weighted by molar-refractivity contribution is 5.68. The highest BCUT2D eigenvalue weighted by Gasteiger charge is 2.17. The summed E-state index contributed by atoms with van der Waals surface area (Å²) in [5, 5.41) is 19.7. The molecule has 0 bridgehead atoms. The van der Waals surface area contributed by atoms with Gasteiger partial charge in [-0.15, -0.1) is 0 Å². The van der Waals surface area contributed by atoms with Crippen molar-refractivity contribution in [2.45, 2.75) is 117 Å². The molecule has 0 atom stereocenters. The summed E-state index contributed by atoms with van der Waals surface area (Å²) in [6.45, 7) is 4.51. The average Bonchev–Trinajstić information content (AvgIpc) is 2.93. The van der Waals surface area contributed by atoms with E-state index in [1.807, 2.05) is 24.3 Å². The van der Waals surface area contributed by atoms with Crippen molar-refractivity contribution < 1.29 is 10.2 Å². The second kappa shape index (κ2) is 16.9. The molecule has 1 aromatic heterocycles. The van der Waals surface area contributed by atoms with Crippen LogP contribution in [0.5, 0.6) is 11.5 Å². The first-order valence-electron chi connectivity index (χ1n) is 15.1. The van der Waals surface area contributed by atoms with E-state index in [9.17, 15) is 10.2 Å². The molecule has 38 heavy (non-hydrogen) atoms. The predicted octanol–water partition coefficient (Wildman–Crippen LogP) is 9.81. The molecule has 206 valence electrons. The van der Waals surface area contributed by atoms with Crippen LogP contribution in [-0.2, 0) is 12.8 Å². The summed E-state index contributed by atoms with van der Waals surface area (Å²) in [6, 6.07) is 14.7. The second-order valence-electron chi connectivity index (χ2n) is 10.7. The van der Waals surface area contributed by atoms with E-state index in [1.54, 1.807) is 24.3 Å². The number of hydrogen-bond donors (Lipinski definition) is 2. The van der Waals surface area contributed by atoms with Crippen molar-refractivity contribution in [1.29, 1.82) is 0 Å². The van der Waals surface area contributed by atoms with E-state index in [0.717, 1.165) is 59.6 Å². The molecule has 0 radical (unpaired) electrons. The van der Waals surface area contributed by atoms with Gasteiger partial charge in [0.05, 0.1) is 22.8 Å². The van der Waals surface area contributed by atoms with Crippen LogP contribution in [0.4, 0.5) is 0 Å². The molecule has 2 aromatic carbocycles. The fourth-order valence-corrected chi connectivity index (χ4v) is 5.05. The molecule has 0 fully saturated rings. The number of hydrogen-bond acceptors (Lipinski definition) is 4. The van der Waals surface area contributed by atoms with Crippen LogP contribution in [0.2, 0.25) is 0 Å². The van der Waals surface area contributed by atoms with Crippen molar-refractivity contribution >= 4 is 0 Å². The van der Waals surface area contributed by atoms with Gasteiger partial charge in [-0.2, -0.15) is 0 Å². The van der Waals surface area contributed by atoms with Crippen LogP contribution in [0, 0.1) is 0 Å². The highest BCUT2D eigenvalue weighted by Crippen LogP contribution is 2.31. The Balaban J connectivity index is 1.84. The zero-order valence-electron chi connectivity index (χ0n) is 23.7. The maximum atomic E-state index is 9.87. The maximum absolute atomic E-state index is 9.87. The summed E-state index contributed by atoms with van der Waals surface area (Å²) in [7, 11) is 0. The van der Waals surface area contributed by atoms with Crippen molar-refractivity contribution in [2.24, 2.45) is 0 Å². The molecule has 0 amide bonds. The van der Waals surface area contributed by atoms with Crippen LogP contribution in [-0.4, -0.2) is 20.2 Å². The van der Waals surface area contributed by atoms with Gasteiger partial charge in [-0.05, 0) is 74.2 Å². The fourth-order valence-electron chi connectivity index (χ4n) is 5.05. The SMILES string of the molecule is CCCCCCCCCc1nc(-c2ccc(O)cc2)c(CCCCCCCCC)nc1-c1ccc(O)cc1. The quantitative estimate of drug-likeness (QED) is 0.165. The number of aromatic hydroxyl groups is 2. The summed E-state index contributed by atoms with van der Waals surface area (Å²) in [6.07, 6.45) is 19.4. The smallest absolute Gasteiger partial charge is 0.115 e. The zero-order chi connectivity index (χ0) is 27.0. The largest absolute Gasteiger partial charge is 0.508 e. The second-order valence-corrected chi connectivity index (χ2v) is 10.7. The average molecular weight is 517 g/mol. The van der Waals surface area contributed by atoms with Crippen LogP contribution < -0.4 is 0 Å². The number of rotatable bonds is 18. The Morgan fingerprint density at radius 2 is 0.763 bits per heavy atom. The lowest BCUT2D eigenvalue weighted by Gasteiger charge is -2.16. The van der Waals surface area contributed by atoms with Gasteiger partial charge in [-0.1, -0.05) is 90.9 Å². The lowest BCUT2D eigenvalue weighted by atomic mass is 9.99. The van der Waals surface area contributed by atoms with Crippen molar-refractivity contribution in [3.8, 4) is 34.0 Å². The monoisotopic (exact) mass is 516 g/mol. The molecular weight excluding hydrogens is 468 g/mol. The van der Waals surface area contributed by atoms with Crippen LogP contribution in [0.3, 0.4) is 0 Å². The number of aryl methyl sites for hydroxylation is 2. The van der Waals surface area contributed by atoms with E-state index in [1.165, 1.54) is 77.0 Å². The number of nitrogens with zero attached hydrogens (tertiary/aromatic N) is 2. The molecule has 4 heteroatoms. The fraction of sp³-hybridized carbons (Fsp3) is 0.529. The normalized spacial score (nSPS) is 11.2. The minimum Gasteiger partial charge on any atom is -0.508 e. The predicted molar refractivity (Wildman–Crippen MR) is 160 cm³/mol. The van der Waals surface area contributed by atoms with Crippen LogP contribution in [0.25, 0.3) is 22.5 Å². The van der Waals surface area contributed by atoms with Crippen LogP contribution >= 0.6 is 0 Å². The third-order valence-electron chi connectivity index (χ3n) is 7.36. The third kappa shape index (κ3) is 9.78. The van der Waals surface area contributed by atoms with Gasteiger partial charge < -0.3 is 10.2 Å². The summed E-state index contributed by atoms with van der Waals surface area (Å²) < 4.78 is 0. The third-order valence-corrected chi connectivity index (χ3v) is 7.36. The van der Waals surface area contributed by atoms with E-state index in [-0.39, 0.29) is 11.5 Å². The first-order chi connectivity index (χ1) is 18.6. The van der Waals surface area contributed by atoms with Gasteiger partial charge >= 0.3 is 0 Å². The van der Waals surface area contributed by atoms with E-state index < -0.39 is 0 Å². The molecule has 4 nitrogen and oxygen atoms in total. The number of benzene rings is 2. The van der Waals surface area contributed by atoms with E-state index >= 15 is 0 Å². The van der Waals surface area contributed by atoms with Gasteiger partial charge in [0.15, 0.2) is 0 Å². The van der Waals surface area contributed by atoms with Crippen molar-refractivity contribution in [2.75, 3.05) is 0 Å². The van der Waals surface area contributed by atoms with E-state index in [4.69, 9.17) is 9.97 Å². The van der Waals surface area contributed by atoms with Gasteiger partial charge in [0, 0.05) is 11.1 Å². The summed E-state index contributed by atoms with van der Waals surface area (Å²) in [5.74, 6) is 0.527. The van der Waals surface area contributed by atoms with E-state index in [2.05, 4.69) is 13.8 Å². The Labute approximate surface area is 230 Å². The summed E-state index contributed by atoms with van der Waals surface area (Å²) >= 11 is 0. The molecule has 3 aromatic rings. The molecule has 3 rings (SSSR count).